The van der Waals surface area contributed by atoms with Gasteiger partial charge in [0.05, 0.1) is 0 Å². The molecule has 0 aromatic heterocycles. The van der Waals surface area contributed by atoms with Gasteiger partial charge in [-0.1, -0.05) is 0 Å². The van der Waals surface area contributed by atoms with Gasteiger partial charge in [0, 0.05) is 0 Å². The Morgan fingerprint density at radius 3 is 2.33 bits per heavy atom. The third-order valence-electron chi connectivity index (χ3n) is 4.71. The molecule has 5 heteroatoms. The van der Waals surface area contributed by atoms with Crippen molar-refractivity contribution in [1.29, 1.82) is 0 Å². The molecule has 0 aliphatic heterocycles. The fourth-order valence-electron chi connectivity index (χ4n) is 3.76. The summed E-state index contributed by atoms with van der Waals surface area (Å²) in [4.78, 5) is 0. The Labute approximate surface area is 167 Å². The first-order valence-corrected chi connectivity index (χ1v) is 18.3. The zero-order valence-electron chi connectivity index (χ0n) is 15.2. The minimum Gasteiger partial charge on any atom is -0.147 e. The van der Waals surface area contributed by atoms with E-state index in [1.54, 1.807) is 10.8 Å². The molecule has 130 valence electrons. The van der Waals surface area contributed by atoms with Crippen molar-refractivity contribution in [2.24, 2.45) is 0 Å². The molecule has 0 saturated heterocycles. The maximum Gasteiger partial charge on any atom is -0.147 e. The molecule has 1 aromatic carbocycles. The Balaban J connectivity index is 0.00000144. The number of benzene rings is 1. The van der Waals surface area contributed by atoms with Gasteiger partial charge in [-0.15, -0.1) is 24.8 Å². The van der Waals surface area contributed by atoms with E-state index in [1.165, 1.54) is 12.0 Å². The molecule has 3 rings (SSSR count). The summed E-state index contributed by atoms with van der Waals surface area (Å²) in [6.07, 6.45) is 10.9. The summed E-state index contributed by atoms with van der Waals surface area (Å²) >= 11 is -1.28. The Morgan fingerprint density at radius 2 is 1.71 bits per heavy atom. The Morgan fingerprint density at radius 1 is 1.04 bits per heavy atom. The van der Waals surface area contributed by atoms with E-state index >= 15 is 0 Å². The van der Waals surface area contributed by atoms with E-state index in [2.05, 4.69) is 81.3 Å². The third kappa shape index (κ3) is 4.28. The molecule has 0 amide bonds. The van der Waals surface area contributed by atoms with Gasteiger partial charge in [0.15, 0.2) is 0 Å². The summed E-state index contributed by atoms with van der Waals surface area (Å²) in [7, 11) is -1.21. The second kappa shape index (κ2) is 8.70. The average Bonchev–Trinajstić information content (AvgIpc) is 3.06. The summed E-state index contributed by atoms with van der Waals surface area (Å²) in [5, 5.41) is 1.80. The topological polar surface area (TPSA) is 0 Å². The summed E-state index contributed by atoms with van der Waals surface area (Å²) < 4.78 is 2.70. The number of hydrogen-bond donors (Lipinski definition) is 0. The van der Waals surface area contributed by atoms with Crippen molar-refractivity contribution in [2.75, 3.05) is 0 Å². The SMILES string of the molecule is C[Si](C)=[Ti]([C]1=C([Si](C)(C)C)C=CC1)[CH]1C=Cc2ccccc21.Cl.Cl. The van der Waals surface area contributed by atoms with Crippen LogP contribution in [-0.4, -0.2) is 14.3 Å². The molecular weight excluding hydrogens is 403 g/mol. The van der Waals surface area contributed by atoms with E-state index in [4.69, 9.17) is 0 Å². The van der Waals surface area contributed by atoms with Crippen molar-refractivity contribution >= 4 is 45.1 Å². The Kier molecular flexibility index (Phi) is 8.05. The molecule has 0 spiro atoms. The molecule has 0 N–H and O–H groups in total. The smallest absolute Gasteiger partial charge is 0.147 e. The van der Waals surface area contributed by atoms with Gasteiger partial charge in [-0.2, -0.15) is 0 Å². The van der Waals surface area contributed by atoms with Crippen LogP contribution in [0.15, 0.2) is 51.6 Å². The van der Waals surface area contributed by atoms with Crippen molar-refractivity contribution < 1.29 is 16.6 Å². The molecule has 0 fully saturated rings. The number of rotatable bonds is 3. The average molecular weight is 431 g/mol. The first-order chi connectivity index (χ1) is 10.4. The van der Waals surface area contributed by atoms with E-state index in [0.29, 0.717) is 0 Å². The maximum absolute atomic E-state index is 2.57. The Bertz CT molecular complexity index is 736. The van der Waals surface area contributed by atoms with Crippen molar-refractivity contribution in [1.82, 2.24) is 0 Å². The van der Waals surface area contributed by atoms with E-state index in [0.717, 1.165) is 4.22 Å². The summed E-state index contributed by atoms with van der Waals surface area (Å²) in [5.74, 6) is 0. The number of halogens is 2. The molecule has 24 heavy (non-hydrogen) atoms. The molecule has 0 saturated carbocycles. The van der Waals surface area contributed by atoms with Crippen molar-refractivity contribution in [3.8, 4) is 0 Å². The first kappa shape index (κ1) is 22.2. The predicted octanol–water partition coefficient (Wildman–Crippen LogP) is 6.56. The minimum atomic E-state index is -1.28. The van der Waals surface area contributed by atoms with Crippen molar-refractivity contribution in [3.05, 3.63) is 62.7 Å². The van der Waals surface area contributed by atoms with Gasteiger partial charge in [0.1, 0.15) is 0 Å². The van der Waals surface area contributed by atoms with E-state index < -0.39 is 24.7 Å². The standard InChI is InChI=1S/C9H7.C8H13Si.C2H6Si.2ClH.Ti/c1-2-5-9-7-3-6-8(9)4-1;1-9(2,3)8-6-4-5-7-8;1-3-2;;;/h1-7H;4,6H,5H2,1-3H3;1-2H3;2*1H;. The Hall–Kier alpha value is 0.168. The van der Waals surface area contributed by atoms with Crippen LogP contribution in [0.25, 0.3) is 6.08 Å². The van der Waals surface area contributed by atoms with Gasteiger partial charge >= 0.3 is 143 Å². The third-order valence-corrected chi connectivity index (χ3v) is 19.4. The van der Waals surface area contributed by atoms with Gasteiger partial charge < -0.3 is 0 Å². The molecule has 1 atom stereocenters. The fraction of sp³-hybridized carbons (Fsp3) is 0.368. The van der Waals surface area contributed by atoms with E-state index in [9.17, 15) is 0 Å². The molecule has 2 aliphatic rings. The van der Waals surface area contributed by atoms with Crippen LogP contribution in [0, 0.1) is 0 Å². The molecule has 0 radical (unpaired) electrons. The quantitative estimate of drug-likeness (QED) is 0.476. The summed E-state index contributed by atoms with van der Waals surface area (Å²) in [6.45, 7) is 12.7. The van der Waals surface area contributed by atoms with Crippen LogP contribution in [0.4, 0.5) is 0 Å². The second-order valence-corrected chi connectivity index (χ2v) is 24.8. The van der Waals surface area contributed by atoms with Gasteiger partial charge in [0.2, 0.25) is 0 Å². The summed E-state index contributed by atoms with van der Waals surface area (Å²) in [5.41, 5.74) is 3.10. The minimum absolute atomic E-state index is 0. The molecule has 0 heterocycles. The van der Waals surface area contributed by atoms with Crippen LogP contribution in [0.2, 0.25) is 32.7 Å². The number of allylic oxidation sites excluding steroid dienone is 5. The first-order valence-electron chi connectivity index (χ1n) is 8.24. The largest absolute Gasteiger partial charge is 0.147 e. The molecule has 0 bridgehead atoms. The van der Waals surface area contributed by atoms with Crippen LogP contribution in [0.1, 0.15) is 21.8 Å². The fourth-order valence-corrected chi connectivity index (χ4v) is 20.2. The van der Waals surface area contributed by atoms with Crippen molar-refractivity contribution in [2.45, 2.75) is 43.4 Å². The molecule has 1 unspecified atom stereocenters. The molecular formula is C19H28Cl2Si2Ti. The van der Waals surface area contributed by atoms with E-state index in [1.807, 2.05) is 3.88 Å². The monoisotopic (exact) mass is 430 g/mol. The van der Waals surface area contributed by atoms with Crippen molar-refractivity contribution in [3.63, 3.8) is 0 Å². The van der Waals surface area contributed by atoms with Gasteiger partial charge in [-0.3, -0.25) is 0 Å². The normalized spacial score (nSPS) is 18.1. The number of hydrogen-bond acceptors (Lipinski definition) is 0. The summed E-state index contributed by atoms with van der Waals surface area (Å²) in [6, 6.07) is 9.08. The zero-order chi connectivity index (χ0) is 15.9. The zero-order valence-corrected chi connectivity index (χ0v) is 20.4. The van der Waals surface area contributed by atoms with Gasteiger partial charge in [-0.25, -0.2) is 0 Å². The molecule has 2 aliphatic carbocycles. The maximum atomic E-state index is 2.57. The number of fused-ring (bicyclic) bond motifs is 1. The van der Waals surface area contributed by atoms with Gasteiger partial charge in [0.25, 0.3) is 0 Å². The predicted molar refractivity (Wildman–Crippen MR) is 114 cm³/mol. The van der Waals surface area contributed by atoms with Crippen LogP contribution in [0.5, 0.6) is 0 Å². The molecule has 0 nitrogen and oxygen atoms in total. The van der Waals surface area contributed by atoms with Crippen LogP contribution < -0.4 is 0 Å². The second-order valence-electron chi connectivity index (χ2n) is 7.63. The van der Waals surface area contributed by atoms with E-state index in [-0.39, 0.29) is 31.0 Å². The van der Waals surface area contributed by atoms with Gasteiger partial charge in [-0.05, 0) is 0 Å². The van der Waals surface area contributed by atoms with Crippen LogP contribution in [-0.2, 0) is 16.6 Å². The molecule has 1 aromatic rings. The van der Waals surface area contributed by atoms with Crippen LogP contribution >= 0.6 is 24.8 Å². The van der Waals surface area contributed by atoms with Crippen LogP contribution in [0.3, 0.4) is 0 Å².